The summed E-state index contributed by atoms with van der Waals surface area (Å²) in [5.41, 5.74) is 4.35. The summed E-state index contributed by atoms with van der Waals surface area (Å²) in [6, 6.07) is 16.6. The Morgan fingerprint density at radius 1 is 0.640 bits per heavy atom. The fourth-order valence-corrected chi connectivity index (χ4v) is 2.64. The molecule has 0 unspecified atom stereocenters. The van der Waals surface area contributed by atoms with Gasteiger partial charge in [-0.15, -0.1) is 0 Å². The summed E-state index contributed by atoms with van der Waals surface area (Å²) in [5.74, 6) is 0. The number of azo groups is 1. The van der Waals surface area contributed by atoms with E-state index in [9.17, 15) is 0 Å². The second kappa shape index (κ2) is 8.87. The summed E-state index contributed by atoms with van der Waals surface area (Å²) >= 11 is 0. The third kappa shape index (κ3) is 8.56. The fourth-order valence-electron chi connectivity index (χ4n) is 2.64. The summed E-state index contributed by atoms with van der Waals surface area (Å²) < 4.78 is 1.79. The van der Waals surface area contributed by atoms with E-state index in [0.29, 0.717) is 0 Å². The second-order valence-electron chi connectivity index (χ2n) is 8.44. The first-order chi connectivity index (χ1) is 11.1. The molecule has 0 amide bonds. The van der Waals surface area contributed by atoms with Crippen LogP contribution in [0.2, 0.25) is 0 Å². The molecule has 0 aromatic heterocycles. The third-order valence-corrected chi connectivity index (χ3v) is 3.42. The summed E-state index contributed by atoms with van der Waals surface area (Å²) in [4.78, 5) is 0. The molecule has 25 heavy (non-hydrogen) atoms. The molecular formula is C20H30IN4+. The van der Waals surface area contributed by atoms with Gasteiger partial charge in [0.15, 0.2) is 0 Å². The van der Waals surface area contributed by atoms with Crippen LogP contribution in [0.4, 0.5) is 11.4 Å². The molecule has 2 aromatic carbocycles. The minimum Gasteiger partial charge on any atom is -1.00 e. The van der Waals surface area contributed by atoms with Gasteiger partial charge in [-0.3, -0.25) is 0 Å². The van der Waals surface area contributed by atoms with E-state index >= 15 is 0 Å². The average molecular weight is 453 g/mol. The van der Waals surface area contributed by atoms with Crippen molar-refractivity contribution in [1.82, 2.24) is 0 Å². The molecule has 0 aliphatic heterocycles. The molecule has 2 aromatic rings. The molecule has 4 nitrogen and oxygen atoms in total. The molecule has 2 rings (SSSR count). The quantitative estimate of drug-likeness (QED) is 0.360. The van der Waals surface area contributed by atoms with Gasteiger partial charge < -0.3 is 32.9 Å². The van der Waals surface area contributed by atoms with Crippen LogP contribution in [0.5, 0.6) is 0 Å². The Bertz CT molecular complexity index is 651. The van der Waals surface area contributed by atoms with Crippen LogP contribution in [0, 0.1) is 0 Å². The van der Waals surface area contributed by atoms with Crippen LogP contribution >= 0.6 is 0 Å². The zero-order valence-electron chi connectivity index (χ0n) is 16.2. The number of hydrogen-bond donors (Lipinski definition) is 0. The van der Waals surface area contributed by atoms with E-state index < -0.39 is 0 Å². The van der Waals surface area contributed by atoms with Crippen molar-refractivity contribution in [1.29, 1.82) is 0 Å². The Balaban J connectivity index is 0.00000312. The van der Waals surface area contributed by atoms with Gasteiger partial charge in [0.05, 0.1) is 53.7 Å². The highest BCUT2D eigenvalue weighted by Crippen LogP contribution is 2.22. The highest BCUT2D eigenvalue weighted by Gasteiger charge is 2.09. The third-order valence-electron chi connectivity index (χ3n) is 3.42. The van der Waals surface area contributed by atoms with E-state index in [2.05, 4.69) is 76.8 Å². The molecule has 0 fully saturated rings. The average Bonchev–Trinajstić information content (AvgIpc) is 2.42. The first-order valence-corrected chi connectivity index (χ1v) is 8.31. The summed E-state index contributed by atoms with van der Waals surface area (Å²) in [7, 11) is 13.1. The van der Waals surface area contributed by atoms with Crippen molar-refractivity contribution in [3.05, 3.63) is 59.7 Å². The molecule has 136 valence electrons. The zero-order valence-corrected chi connectivity index (χ0v) is 18.4. The van der Waals surface area contributed by atoms with Gasteiger partial charge in [0, 0.05) is 11.1 Å². The van der Waals surface area contributed by atoms with Crippen LogP contribution in [-0.2, 0) is 13.1 Å². The number of quaternary nitrogens is 2. The Morgan fingerprint density at radius 2 is 1.00 bits per heavy atom. The van der Waals surface area contributed by atoms with E-state index in [0.717, 1.165) is 33.4 Å². The first kappa shape index (κ1) is 21.7. The number of nitrogens with zero attached hydrogens (tertiary/aromatic N) is 4. The molecule has 0 aliphatic rings. The van der Waals surface area contributed by atoms with Gasteiger partial charge in [0.1, 0.15) is 13.1 Å². The number of rotatable bonds is 6. The SMILES string of the molecule is C[N+](C)(C)Cc1cccc(N=Nc2cccc(C[N+](C)(C)C)c2)c1.[I-]. The van der Waals surface area contributed by atoms with Gasteiger partial charge in [0.25, 0.3) is 0 Å². The van der Waals surface area contributed by atoms with Crippen LogP contribution in [0.15, 0.2) is 58.8 Å². The lowest BCUT2D eigenvalue weighted by atomic mass is 10.2. The molecule has 0 atom stereocenters. The fraction of sp³-hybridized carbons (Fsp3) is 0.400. The van der Waals surface area contributed by atoms with Gasteiger partial charge in [-0.25, -0.2) is 0 Å². The number of halogens is 1. The normalized spacial score (nSPS) is 12.2. The van der Waals surface area contributed by atoms with Crippen molar-refractivity contribution in [3.8, 4) is 0 Å². The molecule has 0 saturated heterocycles. The minimum atomic E-state index is 0. The molecule has 0 aliphatic carbocycles. The topological polar surface area (TPSA) is 24.7 Å². The lowest BCUT2D eigenvalue weighted by Crippen LogP contribution is -3.00. The van der Waals surface area contributed by atoms with E-state index in [1.807, 2.05) is 24.3 Å². The first-order valence-electron chi connectivity index (χ1n) is 8.31. The summed E-state index contributed by atoms with van der Waals surface area (Å²) in [5, 5.41) is 8.84. The minimum absolute atomic E-state index is 0. The van der Waals surface area contributed by atoms with Gasteiger partial charge in [-0.1, -0.05) is 24.3 Å². The maximum absolute atomic E-state index is 4.42. The van der Waals surface area contributed by atoms with Crippen LogP contribution in [-0.4, -0.2) is 51.3 Å². The lowest BCUT2D eigenvalue weighted by Gasteiger charge is -2.24. The van der Waals surface area contributed by atoms with Crippen molar-refractivity contribution in [2.75, 3.05) is 42.3 Å². The number of benzene rings is 2. The Kier molecular flexibility index (Phi) is 7.71. The Hall–Kier alpha value is -1.31. The second-order valence-corrected chi connectivity index (χ2v) is 8.44. The maximum atomic E-state index is 4.42. The molecular weight excluding hydrogens is 423 g/mol. The van der Waals surface area contributed by atoms with Crippen LogP contribution in [0.25, 0.3) is 0 Å². The molecule has 5 heteroatoms. The predicted octanol–water partition coefficient (Wildman–Crippen LogP) is 1.52. The molecule has 0 heterocycles. The van der Waals surface area contributed by atoms with Crippen molar-refractivity contribution in [3.63, 3.8) is 0 Å². The zero-order chi connectivity index (χ0) is 17.8. The van der Waals surface area contributed by atoms with Crippen molar-refractivity contribution in [2.24, 2.45) is 10.2 Å². The largest absolute Gasteiger partial charge is 1.00 e. The highest BCUT2D eigenvalue weighted by molar-refractivity contribution is 5.43. The predicted molar refractivity (Wildman–Crippen MR) is 101 cm³/mol. The van der Waals surface area contributed by atoms with Gasteiger partial charge in [0.2, 0.25) is 0 Å². The van der Waals surface area contributed by atoms with Crippen molar-refractivity contribution >= 4 is 11.4 Å². The van der Waals surface area contributed by atoms with Gasteiger partial charge in [-0.2, -0.15) is 10.2 Å². The highest BCUT2D eigenvalue weighted by atomic mass is 127. The van der Waals surface area contributed by atoms with Gasteiger partial charge in [-0.05, 0) is 24.3 Å². The van der Waals surface area contributed by atoms with Crippen molar-refractivity contribution in [2.45, 2.75) is 13.1 Å². The molecule has 0 bridgehead atoms. The Morgan fingerprint density at radius 3 is 1.32 bits per heavy atom. The van der Waals surface area contributed by atoms with Crippen LogP contribution in [0.1, 0.15) is 11.1 Å². The summed E-state index contributed by atoms with van der Waals surface area (Å²) in [6.45, 7) is 1.95. The van der Waals surface area contributed by atoms with E-state index in [4.69, 9.17) is 0 Å². The smallest absolute Gasteiger partial charge is 0.104 e. The summed E-state index contributed by atoms with van der Waals surface area (Å²) in [6.07, 6.45) is 0. The monoisotopic (exact) mass is 453 g/mol. The standard InChI is InChI=1S/C20H30N4.HI/c1-23(2,3)15-17-9-7-11-19(13-17)21-22-20-12-8-10-18(14-20)16-24(4,5)6;/h7-14H,15-16H2,1-6H3;1H/q+2;/p-1. The van der Waals surface area contributed by atoms with Gasteiger partial charge >= 0.3 is 0 Å². The van der Waals surface area contributed by atoms with Crippen LogP contribution < -0.4 is 24.0 Å². The molecule has 0 spiro atoms. The lowest BCUT2D eigenvalue weighted by molar-refractivity contribution is -0.884. The van der Waals surface area contributed by atoms with E-state index in [1.54, 1.807) is 0 Å². The Labute approximate surface area is 169 Å². The molecule has 0 N–H and O–H groups in total. The van der Waals surface area contributed by atoms with E-state index in [1.165, 1.54) is 11.1 Å². The maximum Gasteiger partial charge on any atom is 0.104 e. The number of hydrogen-bond acceptors (Lipinski definition) is 2. The van der Waals surface area contributed by atoms with E-state index in [-0.39, 0.29) is 24.0 Å². The van der Waals surface area contributed by atoms with Crippen molar-refractivity contribution < 1.29 is 32.9 Å². The van der Waals surface area contributed by atoms with Crippen LogP contribution in [0.3, 0.4) is 0 Å². The molecule has 0 saturated carbocycles. The molecule has 0 radical (unpaired) electrons.